The molecule has 1 aromatic carbocycles. The van der Waals surface area contributed by atoms with Gasteiger partial charge < -0.3 is 9.84 Å². The fraction of sp³-hybridized carbons (Fsp3) is 0.619. The monoisotopic (exact) mass is 326 g/mol. The maximum Gasteiger partial charge on any atom is 0.127 e. The first-order chi connectivity index (χ1) is 11.4. The summed E-state index contributed by atoms with van der Waals surface area (Å²) in [6.07, 6.45) is 9.98. The highest BCUT2D eigenvalue weighted by molar-refractivity contribution is 6.35. The van der Waals surface area contributed by atoms with Crippen LogP contribution in [-0.4, -0.2) is 19.1 Å². The SMILES string of the molecule is [B]c1c(CCCCC)cc(OC(C)C)c([C@@H]2C=C(C)CCC2)c1O. The Balaban J connectivity index is 2.44. The van der Waals surface area contributed by atoms with Gasteiger partial charge in [-0.05, 0) is 64.5 Å². The molecule has 1 aliphatic rings. The molecule has 1 aliphatic carbocycles. The van der Waals surface area contributed by atoms with Gasteiger partial charge >= 0.3 is 0 Å². The van der Waals surface area contributed by atoms with Crippen molar-refractivity contribution < 1.29 is 9.84 Å². The average molecular weight is 326 g/mol. The number of unbranched alkanes of at least 4 members (excludes halogenated alkanes) is 2. The van der Waals surface area contributed by atoms with Crippen molar-refractivity contribution in [2.24, 2.45) is 0 Å². The summed E-state index contributed by atoms with van der Waals surface area (Å²) in [7, 11) is 6.28. The van der Waals surface area contributed by atoms with E-state index in [1.165, 1.54) is 18.4 Å². The third-order valence-electron chi connectivity index (χ3n) is 4.78. The maximum atomic E-state index is 10.8. The summed E-state index contributed by atoms with van der Waals surface area (Å²) in [5.41, 5.74) is 3.80. The largest absolute Gasteiger partial charge is 0.508 e. The lowest BCUT2D eigenvalue weighted by Gasteiger charge is -2.26. The van der Waals surface area contributed by atoms with E-state index >= 15 is 0 Å². The summed E-state index contributed by atoms with van der Waals surface area (Å²) in [6, 6.07) is 2.07. The summed E-state index contributed by atoms with van der Waals surface area (Å²) in [6.45, 7) is 8.40. The molecule has 0 bridgehead atoms. The van der Waals surface area contributed by atoms with Gasteiger partial charge in [0.15, 0.2) is 0 Å². The lowest BCUT2D eigenvalue weighted by atomic mass is 9.79. The highest BCUT2D eigenvalue weighted by atomic mass is 16.5. The van der Waals surface area contributed by atoms with Gasteiger partial charge in [0.1, 0.15) is 19.3 Å². The van der Waals surface area contributed by atoms with Gasteiger partial charge in [0.2, 0.25) is 0 Å². The molecule has 0 saturated carbocycles. The van der Waals surface area contributed by atoms with Crippen LogP contribution in [0.25, 0.3) is 0 Å². The first-order valence-corrected chi connectivity index (χ1v) is 9.42. The molecular weight excluding hydrogens is 295 g/mol. The van der Waals surface area contributed by atoms with Crippen LogP contribution in [-0.2, 0) is 6.42 Å². The van der Waals surface area contributed by atoms with Gasteiger partial charge in [-0.15, -0.1) is 0 Å². The molecular formula is C21H31BO2. The Bertz CT molecular complexity index is 590. The molecule has 0 unspecified atom stereocenters. The number of phenolic OH excluding ortho intramolecular Hbond substituents is 1. The van der Waals surface area contributed by atoms with Crippen LogP contribution in [0.2, 0.25) is 0 Å². The van der Waals surface area contributed by atoms with Crippen molar-refractivity contribution in [1.82, 2.24) is 0 Å². The van der Waals surface area contributed by atoms with E-state index in [0.29, 0.717) is 5.46 Å². The van der Waals surface area contributed by atoms with E-state index in [4.69, 9.17) is 12.6 Å². The molecule has 2 rings (SSSR count). The summed E-state index contributed by atoms with van der Waals surface area (Å²) in [5.74, 6) is 1.23. The van der Waals surface area contributed by atoms with E-state index in [1.54, 1.807) is 0 Å². The molecule has 130 valence electrons. The minimum absolute atomic E-state index is 0.0731. The molecule has 2 nitrogen and oxygen atoms in total. The van der Waals surface area contributed by atoms with Crippen molar-refractivity contribution in [3.05, 3.63) is 28.8 Å². The van der Waals surface area contributed by atoms with Gasteiger partial charge in [0.25, 0.3) is 0 Å². The van der Waals surface area contributed by atoms with E-state index in [2.05, 4.69) is 26.0 Å². The van der Waals surface area contributed by atoms with Crippen molar-refractivity contribution in [2.75, 3.05) is 0 Å². The Labute approximate surface area is 148 Å². The third kappa shape index (κ3) is 4.58. The van der Waals surface area contributed by atoms with Crippen molar-refractivity contribution in [1.29, 1.82) is 0 Å². The van der Waals surface area contributed by atoms with Crippen LogP contribution in [0, 0.1) is 0 Å². The zero-order valence-electron chi connectivity index (χ0n) is 15.7. The van der Waals surface area contributed by atoms with Gasteiger partial charge in [-0.3, -0.25) is 0 Å². The van der Waals surface area contributed by atoms with Gasteiger partial charge in [-0.2, -0.15) is 0 Å². The molecule has 1 atom stereocenters. The lowest BCUT2D eigenvalue weighted by Crippen LogP contribution is -2.18. The second-order valence-corrected chi connectivity index (χ2v) is 7.35. The van der Waals surface area contributed by atoms with Gasteiger partial charge in [-0.1, -0.05) is 36.9 Å². The molecule has 0 heterocycles. The fourth-order valence-corrected chi connectivity index (χ4v) is 3.55. The number of hydrogen-bond donors (Lipinski definition) is 1. The standard InChI is InChI=1S/C21H31BO2/c1-5-6-7-10-17-13-18(24-14(2)3)19(21(23)20(17)22)16-11-8-9-15(4)12-16/h12-14,16,23H,5-11H2,1-4H3/t16-/m0/s1. The number of aryl methyl sites for hydroxylation is 1. The van der Waals surface area contributed by atoms with E-state index in [-0.39, 0.29) is 17.8 Å². The third-order valence-corrected chi connectivity index (χ3v) is 4.78. The lowest BCUT2D eigenvalue weighted by molar-refractivity contribution is 0.237. The molecule has 1 aromatic rings. The highest BCUT2D eigenvalue weighted by Crippen LogP contribution is 2.41. The molecule has 0 amide bonds. The van der Waals surface area contributed by atoms with Gasteiger partial charge in [-0.25, -0.2) is 0 Å². The van der Waals surface area contributed by atoms with E-state index in [1.807, 2.05) is 13.8 Å². The zero-order valence-corrected chi connectivity index (χ0v) is 15.7. The molecule has 0 saturated heterocycles. The predicted molar refractivity (Wildman–Crippen MR) is 103 cm³/mol. The van der Waals surface area contributed by atoms with Gasteiger partial charge in [0, 0.05) is 11.5 Å². The van der Waals surface area contributed by atoms with Crippen LogP contribution in [0.5, 0.6) is 11.5 Å². The number of ether oxygens (including phenoxy) is 1. The predicted octanol–water partition coefficient (Wildman–Crippen LogP) is 4.92. The summed E-state index contributed by atoms with van der Waals surface area (Å²) in [4.78, 5) is 0. The van der Waals surface area contributed by atoms with Crippen LogP contribution >= 0.6 is 0 Å². The Hall–Kier alpha value is -1.38. The minimum atomic E-state index is 0.0731. The van der Waals surface area contributed by atoms with E-state index in [0.717, 1.165) is 49.0 Å². The maximum absolute atomic E-state index is 10.8. The van der Waals surface area contributed by atoms with Crippen LogP contribution in [0.15, 0.2) is 17.7 Å². The second-order valence-electron chi connectivity index (χ2n) is 7.35. The summed E-state index contributed by atoms with van der Waals surface area (Å²) in [5, 5.41) is 10.8. The smallest absolute Gasteiger partial charge is 0.127 e. The summed E-state index contributed by atoms with van der Waals surface area (Å²) >= 11 is 0. The first-order valence-electron chi connectivity index (χ1n) is 9.42. The fourth-order valence-electron chi connectivity index (χ4n) is 3.55. The molecule has 0 fully saturated rings. The molecule has 0 aliphatic heterocycles. The van der Waals surface area contributed by atoms with Crippen LogP contribution < -0.4 is 10.2 Å². The number of phenols is 1. The Morgan fingerprint density at radius 1 is 1.33 bits per heavy atom. The van der Waals surface area contributed by atoms with E-state index < -0.39 is 0 Å². The number of benzene rings is 1. The zero-order chi connectivity index (χ0) is 17.7. The molecule has 1 N–H and O–H groups in total. The van der Waals surface area contributed by atoms with E-state index in [9.17, 15) is 5.11 Å². The molecule has 3 heteroatoms. The Morgan fingerprint density at radius 2 is 2.08 bits per heavy atom. The highest BCUT2D eigenvalue weighted by Gasteiger charge is 2.24. The van der Waals surface area contributed by atoms with Gasteiger partial charge in [0.05, 0.1) is 6.10 Å². The van der Waals surface area contributed by atoms with Crippen molar-refractivity contribution in [2.45, 2.75) is 84.7 Å². The summed E-state index contributed by atoms with van der Waals surface area (Å²) < 4.78 is 6.07. The van der Waals surface area contributed by atoms with Crippen LogP contribution in [0.4, 0.5) is 0 Å². The number of rotatable bonds is 7. The molecule has 0 aromatic heterocycles. The van der Waals surface area contributed by atoms with Crippen LogP contribution in [0.3, 0.4) is 0 Å². The van der Waals surface area contributed by atoms with Crippen LogP contribution in [0.1, 0.15) is 83.3 Å². The number of allylic oxidation sites excluding steroid dienone is 2. The number of hydrogen-bond acceptors (Lipinski definition) is 2. The molecule has 0 spiro atoms. The topological polar surface area (TPSA) is 29.5 Å². The second kappa shape index (κ2) is 8.64. The minimum Gasteiger partial charge on any atom is -0.508 e. The molecule has 24 heavy (non-hydrogen) atoms. The Kier molecular flexibility index (Phi) is 6.83. The Morgan fingerprint density at radius 3 is 2.71 bits per heavy atom. The average Bonchev–Trinajstić information content (AvgIpc) is 2.52. The number of aromatic hydroxyl groups is 1. The first kappa shape index (κ1) is 19.0. The van der Waals surface area contributed by atoms with Crippen molar-refractivity contribution >= 4 is 13.3 Å². The van der Waals surface area contributed by atoms with Crippen molar-refractivity contribution in [3.8, 4) is 11.5 Å². The quantitative estimate of drug-likeness (QED) is 0.438. The normalized spacial score (nSPS) is 17.9. The molecule has 2 radical (unpaired) electrons. The van der Waals surface area contributed by atoms with Crippen molar-refractivity contribution in [3.63, 3.8) is 0 Å².